The first kappa shape index (κ1) is 17.0. The van der Waals surface area contributed by atoms with Crippen molar-refractivity contribution in [3.05, 3.63) is 28.2 Å². The molecule has 1 fully saturated rings. The minimum atomic E-state index is -0.180. The number of aryl methyl sites for hydroxylation is 1. The molecule has 1 saturated carbocycles. The van der Waals surface area contributed by atoms with Gasteiger partial charge in [0.15, 0.2) is 0 Å². The summed E-state index contributed by atoms with van der Waals surface area (Å²) in [5.41, 5.74) is 1.85. The lowest BCUT2D eigenvalue weighted by Gasteiger charge is -2.16. The number of halogens is 1. The Balaban J connectivity index is 1.87. The summed E-state index contributed by atoms with van der Waals surface area (Å²) >= 11 is 3.44. The fourth-order valence-corrected chi connectivity index (χ4v) is 2.75. The molecule has 0 spiro atoms. The van der Waals surface area contributed by atoms with Gasteiger partial charge in [-0.15, -0.1) is 0 Å². The highest BCUT2D eigenvalue weighted by molar-refractivity contribution is 9.10. The van der Waals surface area contributed by atoms with Crippen molar-refractivity contribution in [3.63, 3.8) is 0 Å². The second-order valence-corrected chi connectivity index (χ2v) is 6.87. The lowest BCUT2D eigenvalue weighted by molar-refractivity contribution is -0.132. The second-order valence-electron chi connectivity index (χ2n) is 6.02. The zero-order valence-electron chi connectivity index (χ0n) is 13.4. The van der Waals surface area contributed by atoms with Crippen LogP contribution in [0.2, 0.25) is 0 Å². The first-order valence-corrected chi connectivity index (χ1v) is 8.55. The summed E-state index contributed by atoms with van der Waals surface area (Å²) < 4.78 is 1.02. The monoisotopic (exact) mass is 366 g/mol. The average molecular weight is 367 g/mol. The van der Waals surface area contributed by atoms with E-state index in [1.54, 1.807) is 4.90 Å². The highest BCUT2D eigenvalue weighted by atomic mass is 79.9. The fraction of sp³-hybridized carbons (Fsp3) is 0.529. The number of nitrogens with one attached hydrogen (secondary N) is 1. The molecular weight excluding hydrogens is 344 g/mol. The molecule has 1 aromatic carbocycles. The third kappa shape index (κ3) is 4.09. The van der Waals surface area contributed by atoms with Gasteiger partial charge in [-0.05, 0) is 43.5 Å². The number of amides is 2. The molecule has 1 N–H and O–H groups in total. The number of benzene rings is 1. The Hall–Kier alpha value is -1.36. The third-order valence-electron chi connectivity index (χ3n) is 4.09. The van der Waals surface area contributed by atoms with Gasteiger partial charge in [0.05, 0.1) is 11.8 Å². The maximum Gasteiger partial charge on any atom is 0.228 e. The van der Waals surface area contributed by atoms with Gasteiger partial charge in [0.1, 0.15) is 0 Å². The Bertz CT molecular complexity index is 574. The van der Waals surface area contributed by atoms with Crippen LogP contribution in [0, 0.1) is 18.8 Å². The summed E-state index contributed by atoms with van der Waals surface area (Å²) in [5.74, 6) is -0.275. The van der Waals surface area contributed by atoms with Gasteiger partial charge in [-0.1, -0.05) is 29.3 Å². The molecule has 1 aliphatic rings. The van der Waals surface area contributed by atoms with Crippen molar-refractivity contribution in [2.45, 2.75) is 33.1 Å². The molecule has 2 rings (SSSR count). The van der Waals surface area contributed by atoms with E-state index in [0.717, 1.165) is 35.1 Å². The van der Waals surface area contributed by atoms with Crippen molar-refractivity contribution in [2.75, 3.05) is 18.9 Å². The number of nitrogens with zero attached hydrogens (tertiary/aromatic N) is 1. The minimum Gasteiger partial charge on any atom is -0.346 e. The quantitative estimate of drug-likeness (QED) is 0.835. The number of rotatable bonds is 6. The lowest BCUT2D eigenvalue weighted by atomic mass is 10.2. The molecule has 1 aromatic rings. The van der Waals surface area contributed by atoms with Gasteiger partial charge in [0, 0.05) is 23.8 Å². The number of carbonyl (C=O) groups is 2. The van der Waals surface area contributed by atoms with Crippen molar-refractivity contribution in [1.29, 1.82) is 0 Å². The van der Waals surface area contributed by atoms with Crippen molar-refractivity contribution in [2.24, 2.45) is 11.8 Å². The van der Waals surface area contributed by atoms with Crippen LogP contribution in [0.15, 0.2) is 22.7 Å². The van der Waals surface area contributed by atoms with Crippen molar-refractivity contribution in [1.82, 2.24) is 4.90 Å². The highest BCUT2D eigenvalue weighted by Gasteiger charge is 2.48. The van der Waals surface area contributed by atoms with Gasteiger partial charge in [0.25, 0.3) is 0 Å². The number of unbranched alkanes of at least 4 members (excludes halogenated alkanes) is 1. The Labute approximate surface area is 140 Å². The molecule has 0 aromatic heterocycles. The molecule has 0 saturated heterocycles. The summed E-state index contributed by atoms with van der Waals surface area (Å²) in [7, 11) is 1.82. The van der Waals surface area contributed by atoms with Gasteiger partial charge in [-0.25, -0.2) is 0 Å². The van der Waals surface area contributed by atoms with Crippen LogP contribution in [0.3, 0.4) is 0 Å². The summed E-state index contributed by atoms with van der Waals surface area (Å²) in [4.78, 5) is 26.2. The van der Waals surface area contributed by atoms with E-state index in [0.29, 0.717) is 6.42 Å². The van der Waals surface area contributed by atoms with Gasteiger partial charge >= 0.3 is 0 Å². The molecule has 0 bridgehead atoms. The molecule has 2 unspecified atom stereocenters. The summed E-state index contributed by atoms with van der Waals surface area (Å²) in [5, 5.41) is 2.91. The van der Waals surface area contributed by atoms with Crippen molar-refractivity contribution >= 4 is 33.4 Å². The zero-order chi connectivity index (χ0) is 16.3. The topological polar surface area (TPSA) is 49.4 Å². The molecule has 0 heterocycles. The predicted octanol–water partition coefficient (Wildman–Crippen LogP) is 3.59. The van der Waals surface area contributed by atoms with Crippen LogP contribution >= 0.6 is 15.9 Å². The maximum atomic E-state index is 12.2. The normalized spacial score (nSPS) is 19.6. The Morgan fingerprint density at radius 3 is 2.73 bits per heavy atom. The molecule has 0 radical (unpaired) electrons. The molecular formula is C17H23BrN2O2. The number of hydrogen-bond acceptors (Lipinski definition) is 2. The van der Waals surface area contributed by atoms with E-state index in [1.807, 2.05) is 32.2 Å². The van der Waals surface area contributed by atoms with E-state index < -0.39 is 0 Å². The van der Waals surface area contributed by atoms with Crippen LogP contribution in [0.4, 0.5) is 5.69 Å². The first-order chi connectivity index (χ1) is 10.4. The second kappa shape index (κ2) is 7.27. The van der Waals surface area contributed by atoms with E-state index in [9.17, 15) is 9.59 Å². The third-order valence-corrected chi connectivity index (χ3v) is 4.98. The highest BCUT2D eigenvalue weighted by Crippen LogP contribution is 2.40. The average Bonchev–Trinajstić information content (AvgIpc) is 3.28. The van der Waals surface area contributed by atoms with E-state index >= 15 is 0 Å². The molecule has 5 heteroatoms. The molecule has 22 heavy (non-hydrogen) atoms. The smallest absolute Gasteiger partial charge is 0.228 e. The maximum absolute atomic E-state index is 12.2. The minimum absolute atomic E-state index is 0.0519. The van der Waals surface area contributed by atoms with Crippen LogP contribution in [0.25, 0.3) is 0 Å². The predicted molar refractivity (Wildman–Crippen MR) is 91.7 cm³/mol. The Morgan fingerprint density at radius 1 is 1.36 bits per heavy atom. The van der Waals surface area contributed by atoms with Gasteiger partial charge < -0.3 is 10.2 Å². The largest absolute Gasteiger partial charge is 0.346 e. The number of hydrogen-bond donors (Lipinski definition) is 1. The molecule has 120 valence electrons. The molecule has 4 nitrogen and oxygen atoms in total. The summed E-state index contributed by atoms with van der Waals surface area (Å²) in [6.45, 7) is 4.85. The van der Waals surface area contributed by atoms with Crippen LogP contribution < -0.4 is 5.32 Å². The fourth-order valence-electron chi connectivity index (χ4n) is 2.50. The molecule has 1 aliphatic carbocycles. The van der Waals surface area contributed by atoms with Crippen LogP contribution in [0.1, 0.15) is 31.7 Å². The molecule has 0 aliphatic heterocycles. The van der Waals surface area contributed by atoms with E-state index in [2.05, 4.69) is 28.2 Å². The van der Waals surface area contributed by atoms with E-state index in [4.69, 9.17) is 0 Å². The van der Waals surface area contributed by atoms with Crippen LogP contribution in [-0.2, 0) is 9.59 Å². The first-order valence-electron chi connectivity index (χ1n) is 7.76. The summed E-state index contributed by atoms with van der Waals surface area (Å²) in [6, 6.07) is 5.70. The van der Waals surface area contributed by atoms with Gasteiger partial charge in [0.2, 0.25) is 11.8 Å². The summed E-state index contributed by atoms with van der Waals surface area (Å²) in [6.07, 6.45) is 2.73. The van der Waals surface area contributed by atoms with Crippen LogP contribution in [0.5, 0.6) is 0 Å². The molecule has 2 amide bonds. The Morgan fingerprint density at radius 2 is 2.09 bits per heavy atom. The molecule has 2 atom stereocenters. The number of carbonyl (C=O) groups excluding carboxylic acids is 2. The zero-order valence-corrected chi connectivity index (χ0v) is 14.9. The van der Waals surface area contributed by atoms with E-state index in [1.165, 1.54) is 0 Å². The standard InChI is InChI=1S/C17H23BrN2O2/c1-4-5-8-20(3)17(22)14-10-13(14)16(21)19-12-6-7-15(18)11(2)9-12/h6-7,9,13-14H,4-5,8,10H2,1-3H3,(H,19,21). The SMILES string of the molecule is CCCCN(C)C(=O)C1CC1C(=O)Nc1ccc(Br)c(C)c1. The Kier molecular flexibility index (Phi) is 5.62. The van der Waals surface area contributed by atoms with Crippen molar-refractivity contribution in [3.8, 4) is 0 Å². The van der Waals surface area contributed by atoms with Crippen LogP contribution in [-0.4, -0.2) is 30.3 Å². The van der Waals surface area contributed by atoms with Gasteiger partial charge in [-0.2, -0.15) is 0 Å². The van der Waals surface area contributed by atoms with Gasteiger partial charge in [-0.3, -0.25) is 9.59 Å². The van der Waals surface area contributed by atoms with Crippen molar-refractivity contribution < 1.29 is 9.59 Å². The van der Waals surface area contributed by atoms with E-state index in [-0.39, 0.29) is 23.7 Å². The number of anilines is 1. The lowest BCUT2D eigenvalue weighted by Crippen LogP contribution is -2.30.